The van der Waals surface area contributed by atoms with Gasteiger partial charge in [-0.25, -0.2) is 0 Å². The van der Waals surface area contributed by atoms with Crippen LogP contribution < -0.4 is 5.32 Å². The largest absolute Gasteiger partial charge is 0.334 e. The van der Waals surface area contributed by atoms with Crippen LogP contribution in [-0.4, -0.2) is 41.2 Å². The molecule has 0 atom stereocenters. The fraction of sp³-hybridized carbons (Fsp3) is 0.467. The van der Waals surface area contributed by atoms with Gasteiger partial charge in [-0.3, -0.25) is 0 Å². The minimum Gasteiger partial charge on any atom is -0.334 e. The quantitative estimate of drug-likeness (QED) is 0.831. The Kier molecular flexibility index (Phi) is 4.85. The summed E-state index contributed by atoms with van der Waals surface area (Å²) in [5, 5.41) is 7.95. The van der Waals surface area contributed by atoms with Crippen molar-refractivity contribution in [3.8, 4) is 11.5 Å². The van der Waals surface area contributed by atoms with E-state index in [1.165, 1.54) is 25.9 Å². The molecule has 3 rings (SSSR count). The molecule has 1 saturated heterocycles. The first kappa shape index (κ1) is 14.5. The van der Waals surface area contributed by atoms with Gasteiger partial charge in [-0.15, -0.1) is 0 Å². The van der Waals surface area contributed by atoms with E-state index in [0.29, 0.717) is 23.3 Å². The molecule has 2 aromatic rings. The normalized spacial score (nSPS) is 15.7. The topological polar surface area (TPSA) is 54.2 Å². The van der Waals surface area contributed by atoms with Crippen LogP contribution in [0.3, 0.4) is 0 Å². The molecule has 1 aromatic carbocycles. The fourth-order valence-electron chi connectivity index (χ4n) is 2.51. The second kappa shape index (κ2) is 7.02. The zero-order valence-electron chi connectivity index (χ0n) is 11.9. The molecule has 1 aliphatic rings. The van der Waals surface area contributed by atoms with Gasteiger partial charge in [0.25, 0.3) is 5.89 Å². The van der Waals surface area contributed by atoms with E-state index in [9.17, 15) is 0 Å². The summed E-state index contributed by atoms with van der Waals surface area (Å²) < 4.78 is 5.27. The number of halogens is 1. The van der Waals surface area contributed by atoms with Crippen molar-refractivity contribution in [2.24, 2.45) is 0 Å². The van der Waals surface area contributed by atoms with Crippen molar-refractivity contribution >= 4 is 11.6 Å². The molecule has 1 fully saturated rings. The third-order valence-corrected chi connectivity index (χ3v) is 3.99. The standard InChI is InChI=1S/C15H19ClN4O/c16-13-6-2-1-5-12(13)15-18-14(19-21-15)11-17-7-10-20-8-3-4-9-20/h1-2,5-6,17H,3-4,7-11H2. The van der Waals surface area contributed by atoms with Crippen molar-refractivity contribution in [2.75, 3.05) is 26.2 Å². The third kappa shape index (κ3) is 3.81. The minimum atomic E-state index is 0.469. The highest BCUT2D eigenvalue weighted by Gasteiger charge is 2.12. The Morgan fingerprint density at radius 1 is 1.24 bits per heavy atom. The Hall–Kier alpha value is -1.43. The average Bonchev–Trinajstić information content (AvgIpc) is 3.16. The van der Waals surface area contributed by atoms with Crippen molar-refractivity contribution in [3.63, 3.8) is 0 Å². The molecular formula is C15H19ClN4O. The molecule has 0 bridgehead atoms. The molecule has 0 spiro atoms. The van der Waals surface area contributed by atoms with Gasteiger partial charge < -0.3 is 14.7 Å². The zero-order chi connectivity index (χ0) is 14.5. The molecule has 0 amide bonds. The predicted molar refractivity (Wildman–Crippen MR) is 82.1 cm³/mol. The highest BCUT2D eigenvalue weighted by molar-refractivity contribution is 6.33. The van der Waals surface area contributed by atoms with E-state index in [-0.39, 0.29) is 0 Å². The molecule has 1 aromatic heterocycles. The van der Waals surface area contributed by atoms with Crippen LogP contribution in [0, 0.1) is 0 Å². The van der Waals surface area contributed by atoms with Crippen LogP contribution in [0.1, 0.15) is 18.7 Å². The molecule has 0 saturated carbocycles. The first-order valence-electron chi connectivity index (χ1n) is 7.33. The number of aromatic nitrogens is 2. The molecule has 5 nitrogen and oxygen atoms in total. The van der Waals surface area contributed by atoms with Gasteiger partial charge in [0, 0.05) is 13.1 Å². The van der Waals surface area contributed by atoms with Gasteiger partial charge in [0.05, 0.1) is 17.1 Å². The number of likely N-dealkylation sites (tertiary alicyclic amines) is 1. The Morgan fingerprint density at radius 2 is 2.05 bits per heavy atom. The smallest absolute Gasteiger partial charge is 0.259 e. The van der Waals surface area contributed by atoms with Crippen LogP contribution in [0.4, 0.5) is 0 Å². The van der Waals surface area contributed by atoms with E-state index < -0.39 is 0 Å². The highest BCUT2D eigenvalue weighted by Crippen LogP contribution is 2.25. The summed E-state index contributed by atoms with van der Waals surface area (Å²) in [6, 6.07) is 7.47. The summed E-state index contributed by atoms with van der Waals surface area (Å²) in [7, 11) is 0. The maximum atomic E-state index is 6.12. The van der Waals surface area contributed by atoms with Crippen LogP contribution >= 0.6 is 11.6 Å². The maximum absolute atomic E-state index is 6.12. The van der Waals surface area contributed by atoms with E-state index in [1.54, 1.807) is 0 Å². The highest BCUT2D eigenvalue weighted by atomic mass is 35.5. The third-order valence-electron chi connectivity index (χ3n) is 3.66. The van der Waals surface area contributed by atoms with Gasteiger partial charge in [0.2, 0.25) is 0 Å². The summed E-state index contributed by atoms with van der Waals surface area (Å²) in [6.45, 7) is 5.08. The molecule has 1 aliphatic heterocycles. The summed E-state index contributed by atoms with van der Waals surface area (Å²) in [5.74, 6) is 1.13. The lowest BCUT2D eigenvalue weighted by Gasteiger charge is -2.13. The molecule has 2 heterocycles. The van der Waals surface area contributed by atoms with Crippen LogP contribution in [0.5, 0.6) is 0 Å². The zero-order valence-corrected chi connectivity index (χ0v) is 12.6. The molecule has 112 valence electrons. The number of hydrogen-bond acceptors (Lipinski definition) is 5. The summed E-state index contributed by atoms with van der Waals surface area (Å²) in [6.07, 6.45) is 2.65. The number of benzene rings is 1. The maximum Gasteiger partial charge on any atom is 0.259 e. The van der Waals surface area contributed by atoms with E-state index in [0.717, 1.165) is 18.7 Å². The van der Waals surface area contributed by atoms with E-state index in [1.807, 2.05) is 24.3 Å². The summed E-state index contributed by atoms with van der Waals surface area (Å²) in [5.41, 5.74) is 0.773. The van der Waals surface area contributed by atoms with E-state index >= 15 is 0 Å². The molecular weight excluding hydrogens is 288 g/mol. The van der Waals surface area contributed by atoms with Crippen LogP contribution in [0.15, 0.2) is 28.8 Å². The lowest BCUT2D eigenvalue weighted by Crippen LogP contribution is -2.29. The molecule has 21 heavy (non-hydrogen) atoms. The second-order valence-electron chi connectivity index (χ2n) is 5.22. The Balaban J connectivity index is 1.50. The lowest BCUT2D eigenvalue weighted by atomic mass is 10.2. The first-order valence-corrected chi connectivity index (χ1v) is 7.71. The summed E-state index contributed by atoms with van der Waals surface area (Å²) >= 11 is 6.12. The van der Waals surface area contributed by atoms with Crippen LogP contribution in [0.2, 0.25) is 5.02 Å². The lowest BCUT2D eigenvalue weighted by molar-refractivity contribution is 0.334. The number of nitrogens with one attached hydrogen (secondary N) is 1. The van der Waals surface area contributed by atoms with Gasteiger partial charge in [-0.2, -0.15) is 4.98 Å². The van der Waals surface area contributed by atoms with Crippen molar-refractivity contribution in [1.29, 1.82) is 0 Å². The van der Waals surface area contributed by atoms with Crippen LogP contribution in [0.25, 0.3) is 11.5 Å². The van der Waals surface area contributed by atoms with Gasteiger partial charge in [-0.05, 0) is 38.1 Å². The van der Waals surface area contributed by atoms with Gasteiger partial charge in [0.15, 0.2) is 5.82 Å². The average molecular weight is 307 g/mol. The molecule has 1 N–H and O–H groups in total. The van der Waals surface area contributed by atoms with Gasteiger partial charge >= 0.3 is 0 Å². The second-order valence-corrected chi connectivity index (χ2v) is 5.63. The SMILES string of the molecule is Clc1ccccc1-c1nc(CNCCN2CCCC2)no1. The molecule has 0 unspecified atom stereocenters. The Morgan fingerprint density at radius 3 is 2.86 bits per heavy atom. The Labute approximate surface area is 129 Å². The monoisotopic (exact) mass is 306 g/mol. The van der Waals surface area contributed by atoms with Gasteiger partial charge in [0.1, 0.15) is 0 Å². The summed E-state index contributed by atoms with van der Waals surface area (Å²) in [4.78, 5) is 6.84. The van der Waals surface area contributed by atoms with E-state index in [4.69, 9.17) is 16.1 Å². The van der Waals surface area contributed by atoms with Gasteiger partial charge in [-0.1, -0.05) is 28.9 Å². The number of nitrogens with zero attached hydrogens (tertiary/aromatic N) is 3. The number of hydrogen-bond donors (Lipinski definition) is 1. The fourth-order valence-corrected chi connectivity index (χ4v) is 2.73. The minimum absolute atomic E-state index is 0.469. The van der Waals surface area contributed by atoms with Crippen molar-refractivity contribution in [3.05, 3.63) is 35.1 Å². The van der Waals surface area contributed by atoms with Crippen molar-refractivity contribution in [1.82, 2.24) is 20.4 Å². The molecule has 0 radical (unpaired) electrons. The van der Waals surface area contributed by atoms with Crippen molar-refractivity contribution in [2.45, 2.75) is 19.4 Å². The molecule has 0 aliphatic carbocycles. The Bertz CT molecular complexity index is 581. The first-order chi connectivity index (χ1) is 10.3. The predicted octanol–water partition coefficient (Wildman–Crippen LogP) is 2.58. The van der Waals surface area contributed by atoms with Crippen molar-refractivity contribution < 1.29 is 4.52 Å². The molecule has 6 heteroatoms. The number of rotatable bonds is 6. The van der Waals surface area contributed by atoms with Crippen LogP contribution in [-0.2, 0) is 6.54 Å². The van der Waals surface area contributed by atoms with E-state index in [2.05, 4.69) is 20.4 Å².